The first-order valence-corrected chi connectivity index (χ1v) is 8.31. The molecule has 1 unspecified atom stereocenters. The van der Waals surface area contributed by atoms with Gasteiger partial charge in [-0.2, -0.15) is 15.8 Å². The number of nitrogens with zero attached hydrogens (tertiary/aromatic N) is 4. The summed E-state index contributed by atoms with van der Waals surface area (Å²) >= 11 is 5.99. The van der Waals surface area contributed by atoms with Gasteiger partial charge >= 0.3 is 0 Å². The van der Waals surface area contributed by atoms with Crippen molar-refractivity contribution in [1.29, 1.82) is 21.2 Å². The molecular formula is C19H16ClN5. The molecule has 1 heterocycles. The Kier molecular flexibility index (Phi) is 4.36. The minimum atomic E-state index is -1.66. The summed E-state index contributed by atoms with van der Waals surface area (Å²) in [6, 6.07) is 13.4. The molecule has 1 saturated carbocycles. The Morgan fingerprint density at radius 2 is 1.84 bits per heavy atom. The second kappa shape index (κ2) is 6.34. The third-order valence-electron chi connectivity index (χ3n) is 5.20. The van der Waals surface area contributed by atoms with Gasteiger partial charge < -0.3 is 10.3 Å². The van der Waals surface area contributed by atoms with Crippen molar-refractivity contribution in [1.82, 2.24) is 4.90 Å². The van der Waals surface area contributed by atoms with E-state index in [4.69, 9.17) is 17.0 Å². The molecule has 0 radical (unpaired) electrons. The maximum atomic E-state index is 9.89. The topological polar surface area (TPSA) is 98.5 Å². The highest BCUT2D eigenvalue weighted by atomic mass is 35.5. The van der Waals surface area contributed by atoms with Crippen LogP contribution in [0.3, 0.4) is 0 Å². The maximum absolute atomic E-state index is 9.89. The molecule has 1 fully saturated rings. The molecule has 1 aliphatic heterocycles. The molecule has 2 aliphatic rings. The van der Waals surface area contributed by atoms with Gasteiger partial charge in [-0.15, -0.1) is 0 Å². The van der Waals surface area contributed by atoms with Crippen LogP contribution in [0.25, 0.3) is 0 Å². The Morgan fingerprint density at radius 3 is 2.40 bits per heavy atom. The highest BCUT2D eigenvalue weighted by molar-refractivity contribution is 6.30. The first kappa shape index (κ1) is 17.2. The molecule has 124 valence electrons. The SMILES string of the molecule is CN1CC=C2C(C#N)C(=N)C(C#N)(C#N)[C@@H](c3ccc(Cl)cc3)[C@@H]2C1. The minimum Gasteiger partial charge on any atom is -0.305 e. The van der Waals surface area contributed by atoms with Gasteiger partial charge in [-0.25, -0.2) is 0 Å². The van der Waals surface area contributed by atoms with Crippen LogP contribution in [0.15, 0.2) is 35.9 Å². The summed E-state index contributed by atoms with van der Waals surface area (Å²) in [4.78, 5) is 2.10. The summed E-state index contributed by atoms with van der Waals surface area (Å²) in [5, 5.41) is 38.4. The predicted octanol–water partition coefficient (Wildman–Crippen LogP) is 3.12. The smallest absolute Gasteiger partial charge is 0.189 e. The first-order chi connectivity index (χ1) is 12.0. The van der Waals surface area contributed by atoms with Crippen molar-refractivity contribution in [2.75, 3.05) is 20.1 Å². The first-order valence-electron chi connectivity index (χ1n) is 7.93. The lowest BCUT2D eigenvalue weighted by molar-refractivity contribution is 0.235. The van der Waals surface area contributed by atoms with Crippen LogP contribution in [0.2, 0.25) is 5.02 Å². The zero-order valence-corrected chi connectivity index (χ0v) is 14.5. The Labute approximate surface area is 151 Å². The van der Waals surface area contributed by atoms with E-state index in [0.717, 1.165) is 11.1 Å². The molecule has 1 aromatic rings. The minimum absolute atomic E-state index is 0.119. The molecule has 3 rings (SSSR count). The van der Waals surface area contributed by atoms with Gasteiger partial charge in [-0.05, 0) is 30.3 Å². The summed E-state index contributed by atoms with van der Waals surface area (Å²) in [7, 11) is 1.97. The molecule has 3 atom stereocenters. The van der Waals surface area contributed by atoms with Crippen molar-refractivity contribution in [3.8, 4) is 18.2 Å². The molecule has 1 aromatic carbocycles. The molecule has 0 aromatic heterocycles. The normalized spacial score (nSPS) is 28.0. The zero-order valence-electron chi connectivity index (χ0n) is 13.7. The van der Waals surface area contributed by atoms with E-state index in [1.807, 2.05) is 25.3 Å². The number of hydrogen-bond donors (Lipinski definition) is 1. The molecule has 0 spiro atoms. The van der Waals surface area contributed by atoms with Crippen molar-refractivity contribution in [3.05, 3.63) is 46.5 Å². The quantitative estimate of drug-likeness (QED) is 0.787. The molecule has 0 amide bonds. The Morgan fingerprint density at radius 1 is 1.20 bits per heavy atom. The molecular weight excluding hydrogens is 334 g/mol. The van der Waals surface area contributed by atoms with Crippen LogP contribution >= 0.6 is 11.6 Å². The van der Waals surface area contributed by atoms with E-state index in [9.17, 15) is 15.8 Å². The average molecular weight is 350 g/mol. The number of nitrogens with one attached hydrogen (secondary N) is 1. The predicted molar refractivity (Wildman–Crippen MR) is 93.8 cm³/mol. The third-order valence-corrected chi connectivity index (χ3v) is 5.45. The summed E-state index contributed by atoms with van der Waals surface area (Å²) in [6.45, 7) is 1.33. The number of halogens is 1. The van der Waals surface area contributed by atoms with E-state index in [0.29, 0.717) is 18.1 Å². The van der Waals surface area contributed by atoms with E-state index in [1.54, 1.807) is 12.1 Å². The molecule has 1 aliphatic carbocycles. The third kappa shape index (κ3) is 2.52. The van der Waals surface area contributed by atoms with E-state index >= 15 is 0 Å². The van der Waals surface area contributed by atoms with Crippen LogP contribution < -0.4 is 0 Å². The lowest BCUT2D eigenvalue weighted by Gasteiger charge is -2.47. The number of rotatable bonds is 1. The van der Waals surface area contributed by atoms with Gasteiger partial charge in [0.15, 0.2) is 5.41 Å². The fraction of sp³-hybridized carbons (Fsp3) is 0.368. The van der Waals surface area contributed by atoms with Gasteiger partial charge in [0.1, 0.15) is 5.92 Å². The lowest BCUT2D eigenvalue weighted by atomic mass is 9.54. The number of likely N-dealkylation sites (N-methyl/N-ethyl adjacent to an activating group) is 1. The molecule has 5 nitrogen and oxygen atoms in total. The number of fused-ring (bicyclic) bond motifs is 1. The molecule has 6 heteroatoms. The van der Waals surface area contributed by atoms with Gasteiger partial charge in [-0.1, -0.05) is 29.8 Å². The lowest BCUT2D eigenvalue weighted by Crippen LogP contribution is -2.52. The van der Waals surface area contributed by atoms with Crippen molar-refractivity contribution in [2.24, 2.45) is 17.3 Å². The second-order valence-electron chi connectivity index (χ2n) is 6.57. The van der Waals surface area contributed by atoms with Gasteiger partial charge in [-0.3, -0.25) is 0 Å². The summed E-state index contributed by atoms with van der Waals surface area (Å²) in [5.74, 6) is -1.50. The van der Waals surface area contributed by atoms with Crippen molar-refractivity contribution >= 4 is 17.3 Å². The highest BCUT2D eigenvalue weighted by Crippen LogP contribution is 2.53. The zero-order chi connectivity index (χ0) is 18.2. The molecule has 1 N–H and O–H groups in total. The highest BCUT2D eigenvalue weighted by Gasteiger charge is 2.57. The van der Waals surface area contributed by atoms with E-state index < -0.39 is 17.3 Å². The van der Waals surface area contributed by atoms with Crippen molar-refractivity contribution < 1.29 is 0 Å². The van der Waals surface area contributed by atoms with Crippen LogP contribution in [0.5, 0.6) is 0 Å². The Bertz CT molecular complexity index is 851. The second-order valence-corrected chi connectivity index (χ2v) is 7.00. The van der Waals surface area contributed by atoms with Gasteiger partial charge in [0, 0.05) is 29.9 Å². The van der Waals surface area contributed by atoms with E-state index in [2.05, 4.69) is 23.1 Å². The fourth-order valence-electron chi connectivity index (χ4n) is 4.00. The van der Waals surface area contributed by atoms with Crippen LogP contribution in [0.1, 0.15) is 11.5 Å². The number of nitriles is 3. The van der Waals surface area contributed by atoms with Gasteiger partial charge in [0.2, 0.25) is 0 Å². The monoisotopic (exact) mass is 349 g/mol. The maximum Gasteiger partial charge on any atom is 0.189 e. The Hall–Kier alpha value is -2.65. The molecule has 25 heavy (non-hydrogen) atoms. The fourth-order valence-corrected chi connectivity index (χ4v) is 4.12. The van der Waals surface area contributed by atoms with Crippen molar-refractivity contribution in [3.63, 3.8) is 0 Å². The molecule has 0 saturated heterocycles. The van der Waals surface area contributed by atoms with E-state index in [-0.39, 0.29) is 11.6 Å². The van der Waals surface area contributed by atoms with Crippen molar-refractivity contribution in [2.45, 2.75) is 5.92 Å². The van der Waals surface area contributed by atoms with Gasteiger partial charge in [0.25, 0.3) is 0 Å². The molecule has 0 bridgehead atoms. The van der Waals surface area contributed by atoms with Crippen LogP contribution in [-0.2, 0) is 0 Å². The standard InChI is InChI=1S/C19H16ClN5/c1-25-7-6-14-15(8-21)18(24)19(10-22,11-23)17(16(14)9-25)12-2-4-13(20)5-3-12/h2-6,15-17,24H,7,9H2,1H3/t15?,16-,17+/m1/s1. The largest absolute Gasteiger partial charge is 0.305 e. The van der Waals surface area contributed by atoms with Crippen LogP contribution in [-0.4, -0.2) is 30.7 Å². The summed E-state index contributed by atoms with van der Waals surface area (Å²) in [6.07, 6.45) is 1.97. The van der Waals surface area contributed by atoms with Gasteiger partial charge in [0.05, 0.1) is 23.9 Å². The van der Waals surface area contributed by atoms with Crippen LogP contribution in [0, 0.1) is 56.7 Å². The Balaban J connectivity index is 2.25. The number of benzene rings is 1. The average Bonchev–Trinajstić information content (AvgIpc) is 2.62. The van der Waals surface area contributed by atoms with E-state index in [1.165, 1.54) is 0 Å². The summed E-state index contributed by atoms with van der Waals surface area (Å²) < 4.78 is 0. The number of hydrogen-bond acceptors (Lipinski definition) is 5. The summed E-state index contributed by atoms with van der Waals surface area (Å²) in [5.41, 5.74) is -0.132. The van der Waals surface area contributed by atoms with Crippen LogP contribution in [0.4, 0.5) is 0 Å².